The number of nitrogens with one attached hydrogen (secondary N) is 2. The molecule has 1 heterocycles. The van der Waals surface area contributed by atoms with E-state index in [0.717, 1.165) is 52.7 Å². The molecule has 1 aliphatic rings. The van der Waals surface area contributed by atoms with Gasteiger partial charge in [-0.15, -0.1) is 0 Å². The van der Waals surface area contributed by atoms with Crippen LogP contribution >= 0.6 is 15.9 Å². The summed E-state index contributed by atoms with van der Waals surface area (Å²) in [6, 6.07) is 17.4. The predicted molar refractivity (Wildman–Crippen MR) is 138 cm³/mol. The molecule has 0 unspecified atom stereocenters. The summed E-state index contributed by atoms with van der Waals surface area (Å²) in [6.07, 6.45) is 0. The molecule has 33 heavy (non-hydrogen) atoms. The number of ether oxygens (including phenoxy) is 1. The Balaban J connectivity index is 1.60. The minimum absolute atomic E-state index is 0.244. The lowest BCUT2D eigenvalue weighted by Crippen LogP contribution is -2.43. The van der Waals surface area contributed by atoms with Gasteiger partial charge in [0, 0.05) is 42.6 Å². The van der Waals surface area contributed by atoms with E-state index in [1.54, 1.807) is 25.3 Å². The average molecular weight is 533 g/mol. The second kappa shape index (κ2) is 9.62. The van der Waals surface area contributed by atoms with E-state index < -0.39 is 15.4 Å². The van der Waals surface area contributed by atoms with Crippen molar-refractivity contribution < 1.29 is 13.2 Å². The van der Waals surface area contributed by atoms with Gasteiger partial charge in [0.1, 0.15) is 5.75 Å². The van der Waals surface area contributed by atoms with E-state index in [4.69, 9.17) is 4.74 Å². The molecule has 1 aliphatic heterocycles. The zero-order chi connectivity index (χ0) is 23.6. The largest absolute Gasteiger partial charge is 0.495 e. The van der Waals surface area contributed by atoms with Gasteiger partial charge in [0.15, 0.2) is 0 Å². The lowest BCUT2D eigenvalue weighted by atomic mass is 9.82. The van der Waals surface area contributed by atoms with Crippen LogP contribution in [0.4, 0.5) is 5.69 Å². The molecule has 3 aromatic carbocycles. The van der Waals surface area contributed by atoms with Crippen LogP contribution in [0.3, 0.4) is 0 Å². The fourth-order valence-electron chi connectivity index (χ4n) is 4.28. The Kier molecular flexibility index (Phi) is 7.00. The Hall–Kier alpha value is -2.13. The maximum atomic E-state index is 13.3. The summed E-state index contributed by atoms with van der Waals surface area (Å²) in [6.45, 7) is 7.71. The highest BCUT2D eigenvalue weighted by Gasteiger charge is 2.27. The molecule has 0 aromatic heterocycles. The molecular formula is C25H30BrN3O3S. The number of fused-ring (bicyclic) bond motifs is 1. The Bertz CT molecular complexity index is 1250. The SMILES string of the molecule is COc1ccc(S(=O)(=O)NCC(C)(C)c2cccc3ccc(Br)cc23)cc1N1CCNCC1. The summed E-state index contributed by atoms with van der Waals surface area (Å²) < 4.78 is 35.9. The highest BCUT2D eigenvalue weighted by atomic mass is 79.9. The molecule has 6 nitrogen and oxygen atoms in total. The van der Waals surface area contributed by atoms with Crippen LogP contribution < -0.4 is 19.7 Å². The van der Waals surface area contributed by atoms with Gasteiger partial charge in [-0.2, -0.15) is 0 Å². The highest BCUT2D eigenvalue weighted by Crippen LogP contribution is 2.33. The Morgan fingerprint density at radius 3 is 2.58 bits per heavy atom. The van der Waals surface area contributed by atoms with Gasteiger partial charge in [0.05, 0.1) is 17.7 Å². The molecule has 0 saturated carbocycles. The number of nitrogens with zero attached hydrogens (tertiary/aromatic N) is 1. The van der Waals surface area contributed by atoms with E-state index in [0.29, 0.717) is 5.75 Å². The normalized spacial score (nSPS) is 15.1. The van der Waals surface area contributed by atoms with Crippen molar-refractivity contribution >= 4 is 42.4 Å². The fraction of sp³-hybridized carbons (Fsp3) is 0.360. The Labute approximate surface area is 204 Å². The maximum absolute atomic E-state index is 13.3. The van der Waals surface area contributed by atoms with E-state index in [2.05, 4.69) is 69.0 Å². The van der Waals surface area contributed by atoms with Crippen molar-refractivity contribution in [1.82, 2.24) is 10.0 Å². The third-order valence-corrected chi connectivity index (χ3v) is 8.09. The van der Waals surface area contributed by atoms with Crippen molar-refractivity contribution in [2.24, 2.45) is 0 Å². The number of methoxy groups -OCH3 is 1. The van der Waals surface area contributed by atoms with E-state index in [9.17, 15) is 8.42 Å². The Morgan fingerprint density at radius 1 is 1.09 bits per heavy atom. The van der Waals surface area contributed by atoms with Gasteiger partial charge >= 0.3 is 0 Å². The van der Waals surface area contributed by atoms with Gasteiger partial charge in [0.25, 0.3) is 0 Å². The summed E-state index contributed by atoms with van der Waals surface area (Å²) in [7, 11) is -2.10. The van der Waals surface area contributed by atoms with Crippen LogP contribution in [0.1, 0.15) is 19.4 Å². The molecule has 0 aliphatic carbocycles. The molecule has 1 fully saturated rings. The van der Waals surface area contributed by atoms with E-state index in [1.165, 1.54) is 0 Å². The summed E-state index contributed by atoms with van der Waals surface area (Å²) >= 11 is 3.56. The number of rotatable bonds is 7. The van der Waals surface area contributed by atoms with Crippen molar-refractivity contribution in [3.63, 3.8) is 0 Å². The molecule has 176 valence electrons. The van der Waals surface area contributed by atoms with Crippen LogP contribution in [0.15, 0.2) is 64.0 Å². The minimum Gasteiger partial charge on any atom is -0.495 e. The van der Waals surface area contributed by atoms with Gasteiger partial charge < -0.3 is 15.0 Å². The van der Waals surface area contributed by atoms with Gasteiger partial charge in [-0.1, -0.05) is 54.0 Å². The first-order valence-electron chi connectivity index (χ1n) is 11.0. The molecule has 2 N–H and O–H groups in total. The summed E-state index contributed by atoms with van der Waals surface area (Å²) in [5, 5.41) is 5.56. The van der Waals surface area contributed by atoms with Gasteiger partial charge in [-0.3, -0.25) is 0 Å². The van der Waals surface area contributed by atoms with E-state index in [-0.39, 0.29) is 11.4 Å². The smallest absolute Gasteiger partial charge is 0.240 e. The molecule has 0 spiro atoms. The van der Waals surface area contributed by atoms with Crippen molar-refractivity contribution in [2.45, 2.75) is 24.2 Å². The van der Waals surface area contributed by atoms with Crippen LogP contribution in [0.2, 0.25) is 0 Å². The standard InChI is InChI=1S/C25H30BrN3O3S/c1-25(2,22-6-4-5-18-7-8-19(26)15-21(18)22)17-28-33(30,31)20-9-10-24(32-3)23(16-20)29-13-11-27-12-14-29/h4-10,15-16,27-28H,11-14,17H2,1-3H3. The topological polar surface area (TPSA) is 70.7 Å². The first-order valence-corrected chi connectivity index (χ1v) is 13.3. The monoisotopic (exact) mass is 531 g/mol. The van der Waals surface area contributed by atoms with Crippen LogP contribution in [-0.4, -0.2) is 48.3 Å². The fourth-order valence-corrected chi connectivity index (χ4v) is 5.87. The van der Waals surface area contributed by atoms with Gasteiger partial charge in [-0.05, 0) is 46.7 Å². The van der Waals surface area contributed by atoms with Crippen LogP contribution in [-0.2, 0) is 15.4 Å². The molecule has 4 rings (SSSR count). The summed E-state index contributed by atoms with van der Waals surface area (Å²) in [5.74, 6) is 0.678. The minimum atomic E-state index is -3.71. The van der Waals surface area contributed by atoms with Crippen LogP contribution in [0.5, 0.6) is 5.75 Å². The second-order valence-electron chi connectivity index (χ2n) is 8.95. The van der Waals surface area contributed by atoms with E-state index >= 15 is 0 Å². The molecule has 3 aromatic rings. The van der Waals surface area contributed by atoms with E-state index in [1.807, 2.05) is 12.1 Å². The first kappa shape index (κ1) is 24.0. The quantitative estimate of drug-likeness (QED) is 0.476. The number of hydrogen-bond donors (Lipinski definition) is 2. The van der Waals surface area contributed by atoms with Gasteiger partial charge in [-0.25, -0.2) is 13.1 Å². The number of hydrogen-bond acceptors (Lipinski definition) is 5. The van der Waals surface area contributed by atoms with Crippen LogP contribution in [0.25, 0.3) is 10.8 Å². The summed E-state index contributed by atoms with van der Waals surface area (Å²) in [4.78, 5) is 2.40. The average Bonchev–Trinajstić information content (AvgIpc) is 2.82. The van der Waals surface area contributed by atoms with Crippen molar-refractivity contribution in [2.75, 3.05) is 44.7 Å². The van der Waals surface area contributed by atoms with Crippen LogP contribution in [0, 0.1) is 0 Å². The second-order valence-corrected chi connectivity index (χ2v) is 11.6. The third kappa shape index (κ3) is 5.19. The molecule has 8 heteroatoms. The number of piperazine rings is 1. The Morgan fingerprint density at radius 2 is 1.85 bits per heavy atom. The molecule has 0 bridgehead atoms. The number of halogens is 1. The lowest BCUT2D eigenvalue weighted by Gasteiger charge is -2.31. The van der Waals surface area contributed by atoms with Crippen molar-refractivity contribution in [1.29, 1.82) is 0 Å². The molecule has 1 saturated heterocycles. The molecule has 0 amide bonds. The summed E-state index contributed by atoms with van der Waals surface area (Å²) in [5.41, 5.74) is 1.49. The predicted octanol–water partition coefficient (Wildman–Crippen LogP) is 4.28. The van der Waals surface area contributed by atoms with Crippen molar-refractivity contribution in [3.8, 4) is 5.75 Å². The third-order valence-electron chi connectivity index (χ3n) is 6.20. The number of benzene rings is 3. The lowest BCUT2D eigenvalue weighted by molar-refractivity contribution is 0.412. The molecular weight excluding hydrogens is 502 g/mol. The highest BCUT2D eigenvalue weighted by molar-refractivity contribution is 9.10. The first-order chi connectivity index (χ1) is 15.7. The molecule has 0 radical (unpaired) electrons. The zero-order valence-corrected chi connectivity index (χ0v) is 21.6. The van der Waals surface area contributed by atoms with Gasteiger partial charge in [0.2, 0.25) is 10.0 Å². The van der Waals surface area contributed by atoms with Crippen molar-refractivity contribution in [3.05, 3.63) is 64.6 Å². The zero-order valence-electron chi connectivity index (χ0n) is 19.2. The number of anilines is 1. The molecule has 0 atom stereocenters. The number of sulfonamides is 1. The maximum Gasteiger partial charge on any atom is 0.240 e.